The highest BCUT2D eigenvalue weighted by molar-refractivity contribution is 6.05. The molecule has 1 nitrogen and oxygen atoms in total. The van der Waals surface area contributed by atoms with Crippen molar-refractivity contribution in [2.24, 2.45) is 0 Å². The number of aryl methyl sites for hydroxylation is 1. The van der Waals surface area contributed by atoms with Gasteiger partial charge in [-0.05, 0) is 109 Å². The van der Waals surface area contributed by atoms with E-state index in [-0.39, 0.29) is 5.41 Å². The molecule has 10 rings (SSSR count). The molecular formula is C56H45N. The van der Waals surface area contributed by atoms with E-state index in [0.29, 0.717) is 0 Å². The van der Waals surface area contributed by atoms with Crippen molar-refractivity contribution >= 4 is 38.6 Å². The summed E-state index contributed by atoms with van der Waals surface area (Å²) in [5, 5.41) is 4.86. The van der Waals surface area contributed by atoms with Crippen LogP contribution in [0.5, 0.6) is 0 Å². The zero-order valence-electron chi connectivity index (χ0n) is 33.0. The van der Waals surface area contributed by atoms with Gasteiger partial charge in [0.1, 0.15) is 0 Å². The molecule has 9 aromatic rings. The second kappa shape index (κ2) is 13.5. The average Bonchev–Trinajstić information content (AvgIpc) is 3.55. The lowest BCUT2D eigenvalue weighted by Crippen LogP contribution is -2.28. The lowest BCUT2D eigenvalue weighted by molar-refractivity contribution is 0.592. The van der Waals surface area contributed by atoms with Gasteiger partial charge in [-0.1, -0.05) is 191 Å². The van der Waals surface area contributed by atoms with E-state index >= 15 is 0 Å². The maximum absolute atomic E-state index is 2.54. The Morgan fingerprint density at radius 3 is 1.74 bits per heavy atom. The smallest absolute Gasteiger partial charge is 0.0714 e. The first-order chi connectivity index (χ1) is 27.8. The van der Waals surface area contributed by atoms with Gasteiger partial charge in [0.05, 0.1) is 16.8 Å². The Kier molecular flexibility index (Phi) is 8.23. The van der Waals surface area contributed by atoms with Crippen LogP contribution in [0.2, 0.25) is 0 Å². The molecule has 0 aliphatic heterocycles. The third kappa shape index (κ3) is 5.52. The summed E-state index contributed by atoms with van der Waals surface area (Å²) in [6, 6.07) is 74.5. The highest BCUT2D eigenvalue weighted by Gasteiger charge is 2.47. The van der Waals surface area contributed by atoms with Crippen LogP contribution in [0.1, 0.15) is 54.2 Å². The fourth-order valence-corrected chi connectivity index (χ4v) is 9.66. The van der Waals surface area contributed by atoms with E-state index in [0.717, 1.165) is 17.1 Å². The van der Waals surface area contributed by atoms with Crippen LogP contribution >= 0.6 is 0 Å². The van der Waals surface area contributed by atoms with Crippen molar-refractivity contribution < 1.29 is 0 Å². The van der Waals surface area contributed by atoms with Crippen LogP contribution in [0.15, 0.2) is 200 Å². The molecule has 9 aromatic carbocycles. The molecule has 0 fully saturated rings. The van der Waals surface area contributed by atoms with Crippen molar-refractivity contribution in [3.8, 4) is 22.3 Å². The molecular weight excluding hydrogens is 687 g/mol. The fraction of sp³-hybridized carbons (Fsp3) is 0.107. The Morgan fingerprint density at radius 2 is 1.02 bits per heavy atom. The summed E-state index contributed by atoms with van der Waals surface area (Å²) in [7, 11) is 0. The molecule has 0 saturated carbocycles. The molecule has 1 aliphatic carbocycles. The Hall–Kier alpha value is -6.70. The van der Waals surface area contributed by atoms with Crippen LogP contribution in [0.4, 0.5) is 17.1 Å². The molecule has 0 saturated heterocycles. The van der Waals surface area contributed by atoms with E-state index in [4.69, 9.17) is 0 Å². The minimum atomic E-state index is -0.523. The molecule has 0 unspecified atom stereocenters. The van der Waals surface area contributed by atoms with Gasteiger partial charge in [0.15, 0.2) is 0 Å². The van der Waals surface area contributed by atoms with Gasteiger partial charge in [0.25, 0.3) is 0 Å². The summed E-state index contributed by atoms with van der Waals surface area (Å²) < 4.78 is 0. The SMILES string of the molecule is Cc1cccc2c1-c1ccc(N(c3cc4ccccc4cc3-c3ccccc3C(C)(C)C)c3cccc4ccccc34)cc1C2(c1ccccc1)c1ccccc1. The van der Waals surface area contributed by atoms with Crippen molar-refractivity contribution in [3.63, 3.8) is 0 Å². The Balaban J connectivity index is 1.34. The maximum Gasteiger partial charge on any atom is 0.0714 e. The van der Waals surface area contributed by atoms with Gasteiger partial charge in [-0.15, -0.1) is 0 Å². The first-order valence-electron chi connectivity index (χ1n) is 20.1. The van der Waals surface area contributed by atoms with Crippen LogP contribution < -0.4 is 4.90 Å². The number of nitrogens with zero attached hydrogens (tertiary/aromatic N) is 1. The largest absolute Gasteiger partial charge is 0.309 e. The monoisotopic (exact) mass is 731 g/mol. The van der Waals surface area contributed by atoms with Crippen molar-refractivity contribution in [3.05, 3.63) is 234 Å². The Morgan fingerprint density at radius 1 is 0.421 bits per heavy atom. The standard InChI is InChI=1S/C56H45N/c1-38-19-17-31-50-54(38)47-34-33-44(37-51(47)56(50,42-24-7-5-8-25-42)43-26-9-6-10-27-43)57(52-32-18-23-39-20-13-14-28-45(39)52)53-36-41-22-12-11-21-40(41)35-48(53)46-29-15-16-30-49(46)55(2,3)4/h5-37H,1-4H3. The van der Waals surface area contributed by atoms with Gasteiger partial charge >= 0.3 is 0 Å². The fourth-order valence-electron chi connectivity index (χ4n) is 9.66. The minimum Gasteiger partial charge on any atom is -0.309 e. The first kappa shape index (κ1) is 34.8. The highest BCUT2D eigenvalue weighted by atomic mass is 15.1. The number of hydrogen-bond donors (Lipinski definition) is 0. The van der Waals surface area contributed by atoms with Crippen molar-refractivity contribution in [1.82, 2.24) is 0 Å². The van der Waals surface area contributed by atoms with E-state index in [9.17, 15) is 0 Å². The quantitative estimate of drug-likeness (QED) is 0.165. The predicted molar refractivity (Wildman–Crippen MR) is 242 cm³/mol. The lowest BCUT2D eigenvalue weighted by Gasteiger charge is -2.35. The Bertz CT molecular complexity index is 2900. The third-order valence-electron chi connectivity index (χ3n) is 12.2. The summed E-state index contributed by atoms with van der Waals surface area (Å²) in [4.78, 5) is 2.54. The highest BCUT2D eigenvalue weighted by Crippen LogP contribution is 2.58. The molecule has 0 heterocycles. The predicted octanol–water partition coefficient (Wildman–Crippen LogP) is 15.1. The molecule has 0 bridgehead atoms. The normalized spacial score (nSPS) is 13.1. The molecule has 1 aliphatic rings. The van der Waals surface area contributed by atoms with Gasteiger partial charge in [-0.25, -0.2) is 0 Å². The number of rotatable bonds is 6. The van der Waals surface area contributed by atoms with Gasteiger partial charge in [0, 0.05) is 16.6 Å². The molecule has 0 atom stereocenters. The molecule has 57 heavy (non-hydrogen) atoms. The van der Waals surface area contributed by atoms with E-state index in [2.05, 4.69) is 233 Å². The average molecular weight is 732 g/mol. The van der Waals surface area contributed by atoms with Gasteiger partial charge < -0.3 is 4.90 Å². The summed E-state index contributed by atoms with van der Waals surface area (Å²) >= 11 is 0. The first-order valence-corrected chi connectivity index (χ1v) is 20.1. The van der Waals surface area contributed by atoms with E-state index in [1.165, 1.54) is 77.2 Å². The van der Waals surface area contributed by atoms with Crippen LogP contribution in [-0.2, 0) is 10.8 Å². The van der Waals surface area contributed by atoms with Gasteiger partial charge in [0.2, 0.25) is 0 Å². The van der Waals surface area contributed by atoms with E-state index in [1.807, 2.05) is 0 Å². The van der Waals surface area contributed by atoms with Crippen molar-refractivity contribution in [2.45, 2.75) is 38.5 Å². The zero-order valence-corrected chi connectivity index (χ0v) is 33.0. The maximum atomic E-state index is 2.54. The van der Waals surface area contributed by atoms with Gasteiger partial charge in [-0.3, -0.25) is 0 Å². The molecule has 0 radical (unpaired) electrons. The molecule has 0 spiro atoms. The third-order valence-corrected chi connectivity index (χ3v) is 12.2. The second-order valence-corrected chi connectivity index (χ2v) is 16.6. The minimum absolute atomic E-state index is 0.0635. The zero-order chi connectivity index (χ0) is 38.7. The number of fused-ring (bicyclic) bond motifs is 5. The molecule has 1 heteroatoms. The second-order valence-electron chi connectivity index (χ2n) is 16.6. The van der Waals surface area contributed by atoms with Crippen molar-refractivity contribution in [2.75, 3.05) is 4.90 Å². The van der Waals surface area contributed by atoms with Crippen LogP contribution in [0.25, 0.3) is 43.8 Å². The van der Waals surface area contributed by atoms with Crippen LogP contribution in [-0.4, -0.2) is 0 Å². The topological polar surface area (TPSA) is 3.24 Å². The number of hydrogen-bond acceptors (Lipinski definition) is 1. The van der Waals surface area contributed by atoms with E-state index in [1.54, 1.807) is 0 Å². The lowest BCUT2D eigenvalue weighted by atomic mass is 9.67. The molecule has 274 valence electrons. The summed E-state index contributed by atoms with van der Waals surface area (Å²) in [6.45, 7) is 9.23. The molecule has 0 N–H and O–H groups in total. The van der Waals surface area contributed by atoms with Crippen LogP contribution in [0.3, 0.4) is 0 Å². The van der Waals surface area contributed by atoms with E-state index < -0.39 is 5.41 Å². The molecule has 0 aromatic heterocycles. The summed E-state index contributed by atoms with van der Waals surface area (Å²) in [5.74, 6) is 0. The van der Waals surface area contributed by atoms with Crippen LogP contribution in [0, 0.1) is 6.92 Å². The number of anilines is 3. The summed E-state index contributed by atoms with van der Waals surface area (Å²) in [6.07, 6.45) is 0. The van der Waals surface area contributed by atoms with Crippen molar-refractivity contribution in [1.29, 1.82) is 0 Å². The number of benzene rings is 9. The molecule has 0 amide bonds. The van der Waals surface area contributed by atoms with Gasteiger partial charge in [-0.2, -0.15) is 0 Å². The summed E-state index contributed by atoms with van der Waals surface area (Å²) in [5.41, 5.74) is 15.7. The Labute approximate surface area is 336 Å².